The summed E-state index contributed by atoms with van der Waals surface area (Å²) in [7, 11) is 0. The Morgan fingerprint density at radius 3 is 2.39 bits per heavy atom. The van der Waals surface area contributed by atoms with Crippen LogP contribution >= 0.6 is 34.8 Å². The quantitative estimate of drug-likeness (QED) is 0.273. The topological polar surface area (TPSA) is 79.8 Å². The van der Waals surface area contributed by atoms with E-state index >= 15 is 0 Å². The van der Waals surface area contributed by atoms with Crippen molar-refractivity contribution in [3.8, 4) is 5.75 Å². The highest BCUT2D eigenvalue weighted by atomic mass is 35.5. The van der Waals surface area contributed by atoms with Gasteiger partial charge in [0.15, 0.2) is 0 Å². The number of carbonyl (C=O) groups excluding carboxylic acids is 2. The average Bonchev–Trinajstić information content (AvgIpc) is 2.79. The third-order valence-electron chi connectivity index (χ3n) is 4.44. The molecule has 0 saturated heterocycles. The summed E-state index contributed by atoms with van der Waals surface area (Å²) in [4.78, 5) is 24.0. The van der Waals surface area contributed by atoms with E-state index in [-0.39, 0.29) is 25.4 Å². The molecule has 0 aliphatic carbocycles. The lowest BCUT2D eigenvalue weighted by molar-refractivity contribution is -0.124. The van der Waals surface area contributed by atoms with Gasteiger partial charge < -0.3 is 10.1 Å². The van der Waals surface area contributed by atoms with Gasteiger partial charge in [0.05, 0.1) is 16.9 Å². The van der Waals surface area contributed by atoms with Gasteiger partial charge in [0, 0.05) is 34.0 Å². The molecule has 0 atom stereocenters. The summed E-state index contributed by atoms with van der Waals surface area (Å²) in [6.45, 7) is 0.244. The second kappa shape index (κ2) is 12.3. The fraction of sp³-hybridized carbons (Fsp3) is 0.125. The number of para-hydroxylation sites is 2. The van der Waals surface area contributed by atoms with Gasteiger partial charge in [-0.25, -0.2) is 5.43 Å². The first-order valence-corrected chi connectivity index (χ1v) is 11.1. The highest BCUT2D eigenvalue weighted by Gasteiger charge is 2.09. The van der Waals surface area contributed by atoms with Gasteiger partial charge in [-0.05, 0) is 36.4 Å². The van der Waals surface area contributed by atoms with E-state index in [1.165, 1.54) is 6.21 Å². The second-order valence-electron chi connectivity index (χ2n) is 6.88. The summed E-state index contributed by atoms with van der Waals surface area (Å²) in [5, 5.41) is 8.12. The zero-order valence-electron chi connectivity index (χ0n) is 17.4. The van der Waals surface area contributed by atoms with Gasteiger partial charge in [-0.3, -0.25) is 9.59 Å². The van der Waals surface area contributed by atoms with Gasteiger partial charge in [-0.2, -0.15) is 5.10 Å². The van der Waals surface area contributed by atoms with Gasteiger partial charge in [0.1, 0.15) is 12.4 Å². The minimum Gasteiger partial charge on any atom is -0.488 e. The van der Waals surface area contributed by atoms with Crippen molar-refractivity contribution in [1.82, 2.24) is 5.43 Å². The molecular weight excluding hydrogens is 485 g/mol. The summed E-state index contributed by atoms with van der Waals surface area (Å²) in [6.07, 6.45) is 1.44. The molecule has 0 heterocycles. The molecule has 0 spiro atoms. The summed E-state index contributed by atoms with van der Waals surface area (Å²) < 4.78 is 5.85. The average molecular weight is 505 g/mol. The zero-order valence-corrected chi connectivity index (χ0v) is 19.6. The third-order valence-corrected chi connectivity index (χ3v) is 5.35. The number of ether oxygens (including phenoxy) is 1. The highest BCUT2D eigenvalue weighted by Crippen LogP contribution is 2.24. The zero-order chi connectivity index (χ0) is 23.6. The van der Waals surface area contributed by atoms with Gasteiger partial charge in [0.25, 0.3) is 0 Å². The second-order valence-corrected chi connectivity index (χ2v) is 8.13. The monoisotopic (exact) mass is 503 g/mol. The smallest absolute Gasteiger partial charge is 0.240 e. The number of hydrazone groups is 1. The van der Waals surface area contributed by atoms with E-state index in [1.54, 1.807) is 54.6 Å². The molecule has 0 unspecified atom stereocenters. The van der Waals surface area contributed by atoms with E-state index in [2.05, 4.69) is 15.8 Å². The van der Waals surface area contributed by atoms with Crippen LogP contribution in [0.5, 0.6) is 5.75 Å². The van der Waals surface area contributed by atoms with Crippen LogP contribution < -0.4 is 15.5 Å². The van der Waals surface area contributed by atoms with Gasteiger partial charge in [-0.1, -0.05) is 65.1 Å². The minimum atomic E-state index is -0.396. The van der Waals surface area contributed by atoms with E-state index in [1.807, 2.05) is 12.1 Å². The first-order chi connectivity index (χ1) is 15.9. The highest BCUT2D eigenvalue weighted by molar-refractivity contribution is 6.35. The van der Waals surface area contributed by atoms with Gasteiger partial charge in [0.2, 0.25) is 11.8 Å². The molecule has 0 bridgehead atoms. The summed E-state index contributed by atoms with van der Waals surface area (Å²) >= 11 is 18.1. The summed E-state index contributed by atoms with van der Waals surface area (Å²) in [5.41, 5.74) is 4.36. The van der Waals surface area contributed by atoms with Crippen LogP contribution in [-0.2, 0) is 16.2 Å². The van der Waals surface area contributed by atoms with Crippen molar-refractivity contribution < 1.29 is 14.3 Å². The number of benzene rings is 3. The lowest BCUT2D eigenvalue weighted by Gasteiger charge is -2.10. The van der Waals surface area contributed by atoms with Gasteiger partial charge >= 0.3 is 0 Å². The van der Waals surface area contributed by atoms with Crippen LogP contribution in [0.2, 0.25) is 15.1 Å². The van der Waals surface area contributed by atoms with Crippen molar-refractivity contribution >= 4 is 58.5 Å². The van der Waals surface area contributed by atoms with E-state index in [9.17, 15) is 9.59 Å². The van der Waals surface area contributed by atoms with Crippen molar-refractivity contribution in [2.75, 3.05) is 5.32 Å². The normalized spacial score (nSPS) is 10.8. The predicted octanol–water partition coefficient (Wildman–Crippen LogP) is 6.09. The number of rotatable bonds is 9. The fourth-order valence-corrected chi connectivity index (χ4v) is 3.39. The molecule has 3 aromatic carbocycles. The summed E-state index contributed by atoms with van der Waals surface area (Å²) in [6, 6.07) is 19.3. The molecule has 0 fully saturated rings. The molecule has 3 aromatic rings. The Hall–Kier alpha value is -3.06. The molecule has 0 radical (unpaired) electrons. The fourth-order valence-electron chi connectivity index (χ4n) is 2.74. The molecule has 0 aliphatic rings. The Balaban J connectivity index is 1.49. The van der Waals surface area contributed by atoms with Crippen molar-refractivity contribution in [3.05, 3.63) is 92.9 Å². The van der Waals surface area contributed by atoms with Crippen LogP contribution in [0.4, 0.5) is 5.69 Å². The Kier molecular flexibility index (Phi) is 9.13. The number of amides is 2. The number of carbonyl (C=O) groups is 2. The first-order valence-electron chi connectivity index (χ1n) is 9.94. The predicted molar refractivity (Wildman–Crippen MR) is 132 cm³/mol. The molecular formula is C24H20Cl3N3O3. The Morgan fingerprint density at radius 1 is 0.879 bits per heavy atom. The number of hydrogen-bond donors (Lipinski definition) is 2. The van der Waals surface area contributed by atoms with Crippen molar-refractivity contribution in [3.63, 3.8) is 0 Å². The van der Waals surface area contributed by atoms with Crippen molar-refractivity contribution in [2.24, 2.45) is 5.10 Å². The number of halogens is 3. The molecule has 2 amide bonds. The molecule has 9 heteroatoms. The maximum Gasteiger partial charge on any atom is 0.240 e. The van der Waals surface area contributed by atoms with Crippen molar-refractivity contribution in [2.45, 2.75) is 19.4 Å². The van der Waals surface area contributed by atoms with E-state index in [0.29, 0.717) is 32.1 Å². The standard InChI is InChI=1S/C24H20Cl3N3O3/c25-18-10-9-17(20(27)13-18)15-33-22-8-4-1-5-16(22)14-28-30-24(32)12-11-23(31)29-21-7-3-2-6-19(21)26/h1-10,13-14H,11-12,15H2,(H,29,31)(H,30,32). The van der Waals surface area contributed by atoms with Crippen molar-refractivity contribution in [1.29, 1.82) is 0 Å². The lowest BCUT2D eigenvalue weighted by atomic mass is 10.2. The largest absolute Gasteiger partial charge is 0.488 e. The van der Waals surface area contributed by atoms with E-state index in [4.69, 9.17) is 39.5 Å². The maximum absolute atomic E-state index is 12.0. The van der Waals surface area contributed by atoms with Crippen LogP contribution in [0.15, 0.2) is 71.8 Å². The van der Waals surface area contributed by atoms with Crippen LogP contribution in [0, 0.1) is 0 Å². The minimum absolute atomic E-state index is 0.00583. The Morgan fingerprint density at radius 2 is 1.61 bits per heavy atom. The Bertz CT molecular complexity index is 1170. The summed E-state index contributed by atoms with van der Waals surface area (Å²) in [5.74, 6) is -0.144. The molecule has 0 saturated carbocycles. The number of hydrogen-bond acceptors (Lipinski definition) is 4. The molecule has 2 N–H and O–H groups in total. The van der Waals surface area contributed by atoms with Crippen LogP contribution in [0.3, 0.4) is 0 Å². The molecule has 6 nitrogen and oxygen atoms in total. The van der Waals surface area contributed by atoms with E-state index in [0.717, 1.165) is 5.56 Å². The lowest BCUT2D eigenvalue weighted by Crippen LogP contribution is -2.20. The number of nitrogens with zero attached hydrogens (tertiary/aromatic N) is 1. The SMILES string of the molecule is O=C(CCC(=O)Nc1ccccc1Cl)NN=Cc1ccccc1OCc1ccc(Cl)cc1Cl. The Labute approximate surface area is 206 Å². The molecule has 33 heavy (non-hydrogen) atoms. The number of anilines is 1. The third kappa shape index (κ3) is 7.79. The molecule has 170 valence electrons. The van der Waals surface area contributed by atoms with Crippen LogP contribution in [-0.4, -0.2) is 18.0 Å². The number of nitrogens with one attached hydrogen (secondary N) is 2. The maximum atomic E-state index is 12.0. The first kappa shape index (κ1) is 24.6. The van der Waals surface area contributed by atoms with Crippen LogP contribution in [0.1, 0.15) is 24.0 Å². The molecule has 0 aliphatic heterocycles. The van der Waals surface area contributed by atoms with Gasteiger partial charge in [-0.15, -0.1) is 0 Å². The molecule has 3 rings (SSSR count). The van der Waals surface area contributed by atoms with Crippen LogP contribution in [0.25, 0.3) is 0 Å². The molecule has 0 aromatic heterocycles. The van der Waals surface area contributed by atoms with E-state index < -0.39 is 5.91 Å².